The van der Waals surface area contributed by atoms with Crippen LogP contribution in [-0.2, 0) is 5.41 Å². The van der Waals surface area contributed by atoms with Gasteiger partial charge in [0.15, 0.2) is 0 Å². The van der Waals surface area contributed by atoms with Crippen molar-refractivity contribution in [1.82, 2.24) is 0 Å². The standard InChI is InChI=1S/C11H13/c1-11(2)8-7-9-5-3-4-6-10(9)11/h3-7H,8H2,1-2H3. The highest BCUT2D eigenvalue weighted by Gasteiger charge is 2.28. The second kappa shape index (κ2) is 2.10. The predicted octanol–water partition coefficient (Wildman–Crippen LogP) is 2.92. The van der Waals surface area contributed by atoms with E-state index in [0.717, 1.165) is 0 Å². The van der Waals surface area contributed by atoms with E-state index in [9.17, 15) is 0 Å². The molecule has 0 saturated heterocycles. The van der Waals surface area contributed by atoms with Crippen LogP contribution in [0.2, 0.25) is 0 Å². The summed E-state index contributed by atoms with van der Waals surface area (Å²) in [7, 11) is 0. The minimum atomic E-state index is 0.372. The van der Waals surface area contributed by atoms with E-state index in [2.05, 4.69) is 44.5 Å². The zero-order valence-electron chi connectivity index (χ0n) is 7.09. The van der Waals surface area contributed by atoms with Crippen LogP contribution in [0.4, 0.5) is 0 Å². The molecule has 0 heterocycles. The summed E-state index contributed by atoms with van der Waals surface area (Å²) >= 11 is 0. The Morgan fingerprint density at radius 2 is 1.91 bits per heavy atom. The van der Waals surface area contributed by atoms with Crippen LogP contribution in [0, 0.1) is 6.42 Å². The average molecular weight is 145 g/mol. The molecule has 0 nitrogen and oxygen atoms in total. The van der Waals surface area contributed by atoms with Crippen molar-refractivity contribution in [3.05, 3.63) is 41.8 Å². The minimum Gasteiger partial charge on any atom is -0.0620 e. The molecular formula is C11H13. The number of hydrogen-bond donors (Lipinski definition) is 0. The molecule has 0 aliphatic heterocycles. The summed E-state index contributed by atoms with van der Waals surface area (Å²) in [5, 5.41) is 0. The SMILES string of the molecule is CC1(C)C[CH]c2ccccc21. The number of rotatable bonds is 0. The van der Waals surface area contributed by atoms with Gasteiger partial charge in [-0.2, -0.15) is 0 Å². The zero-order chi connectivity index (χ0) is 7.90. The molecule has 1 aliphatic rings. The van der Waals surface area contributed by atoms with Gasteiger partial charge in [0.05, 0.1) is 0 Å². The maximum Gasteiger partial charge on any atom is -0.00815 e. The summed E-state index contributed by atoms with van der Waals surface area (Å²) in [5.41, 5.74) is 3.30. The fourth-order valence-corrected chi connectivity index (χ4v) is 1.77. The molecule has 0 fully saturated rings. The van der Waals surface area contributed by atoms with Gasteiger partial charge in [-0.25, -0.2) is 0 Å². The molecule has 1 radical (unpaired) electrons. The third-order valence-corrected chi connectivity index (χ3v) is 2.52. The van der Waals surface area contributed by atoms with E-state index in [1.54, 1.807) is 0 Å². The van der Waals surface area contributed by atoms with Crippen LogP contribution in [-0.4, -0.2) is 0 Å². The molecule has 0 unspecified atom stereocenters. The smallest absolute Gasteiger partial charge is 0.00815 e. The Balaban J connectivity index is 2.56. The highest BCUT2D eigenvalue weighted by molar-refractivity contribution is 5.43. The van der Waals surface area contributed by atoms with E-state index in [-0.39, 0.29) is 0 Å². The molecule has 0 saturated carbocycles. The van der Waals surface area contributed by atoms with Crippen LogP contribution < -0.4 is 0 Å². The molecule has 1 aromatic carbocycles. The summed E-state index contributed by atoms with van der Waals surface area (Å²) in [6.45, 7) is 4.60. The molecule has 0 heteroatoms. The van der Waals surface area contributed by atoms with E-state index in [0.29, 0.717) is 5.41 Å². The molecule has 1 aromatic rings. The summed E-state index contributed by atoms with van der Waals surface area (Å²) in [5.74, 6) is 0. The van der Waals surface area contributed by atoms with Gasteiger partial charge < -0.3 is 0 Å². The number of hydrogen-bond acceptors (Lipinski definition) is 0. The van der Waals surface area contributed by atoms with E-state index in [4.69, 9.17) is 0 Å². The lowest BCUT2D eigenvalue weighted by atomic mass is 9.87. The third kappa shape index (κ3) is 0.973. The van der Waals surface area contributed by atoms with E-state index in [1.807, 2.05) is 0 Å². The van der Waals surface area contributed by atoms with Crippen molar-refractivity contribution in [3.63, 3.8) is 0 Å². The number of fused-ring (bicyclic) bond motifs is 1. The van der Waals surface area contributed by atoms with Crippen molar-refractivity contribution in [1.29, 1.82) is 0 Å². The van der Waals surface area contributed by atoms with Crippen LogP contribution in [0.15, 0.2) is 24.3 Å². The van der Waals surface area contributed by atoms with Crippen LogP contribution >= 0.6 is 0 Å². The van der Waals surface area contributed by atoms with Gasteiger partial charge >= 0.3 is 0 Å². The van der Waals surface area contributed by atoms with E-state index >= 15 is 0 Å². The normalized spacial score (nSPS) is 19.8. The maximum absolute atomic E-state index is 2.33. The second-order valence-electron chi connectivity index (χ2n) is 3.88. The first-order valence-corrected chi connectivity index (χ1v) is 4.13. The quantitative estimate of drug-likeness (QED) is 0.526. The van der Waals surface area contributed by atoms with Crippen molar-refractivity contribution >= 4 is 0 Å². The molecule has 11 heavy (non-hydrogen) atoms. The molecule has 0 amide bonds. The lowest BCUT2D eigenvalue weighted by Gasteiger charge is -2.18. The second-order valence-corrected chi connectivity index (χ2v) is 3.88. The molecule has 0 spiro atoms. The van der Waals surface area contributed by atoms with Gasteiger partial charge in [0, 0.05) is 0 Å². The van der Waals surface area contributed by atoms with Gasteiger partial charge in [-0.3, -0.25) is 0 Å². The zero-order valence-corrected chi connectivity index (χ0v) is 7.09. The molecule has 0 N–H and O–H groups in total. The van der Waals surface area contributed by atoms with Gasteiger partial charge in [-0.05, 0) is 29.4 Å². The molecule has 57 valence electrons. The van der Waals surface area contributed by atoms with Gasteiger partial charge in [0.1, 0.15) is 0 Å². The predicted molar refractivity (Wildman–Crippen MR) is 47.5 cm³/mol. The Morgan fingerprint density at radius 1 is 1.18 bits per heavy atom. The molecule has 0 atom stereocenters. The first kappa shape index (κ1) is 6.90. The Hall–Kier alpha value is -0.780. The van der Waals surface area contributed by atoms with E-state index in [1.165, 1.54) is 17.5 Å². The van der Waals surface area contributed by atoms with Crippen LogP contribution in [0.25, 0.3) is 0 Å². The van der Waals surface area contributed by atoms with Crippen molar-refractivity contribution in [2.45, 2.75) is 25.7 Å². The largest absolute Gasteiger partial charge is 0.0620 e. The summed E-state index contributed by atoms with van der Waals surface area (Å²) in [4.78, 5) is 0. The average Bonchev–Trinajstić information content (AvgIpc) is 2.29. The molecular weight excluding hydrogens is 132 g/mol. The monoisotopic (exact) mass is 145 g/mol. The lowest BCUT2D eigenvalue weighted by Crippen LogP contribution is -2.11. The molecule has 1 aliphatic carbocycles. The maximum atomic E-state index is 2.33. The Labute approximate surface area is 68.3 Å². The minimum absolute atomic E-state index is 0.372. The van der Waals surface area contributed by atoms with Crippen molar-refractivity contribution in [3.8, 4) is 0 Å². The Bertz CT molecular complexity index is 271. The topological polar surface area (TPSA) is 0 Å². The lowest BCUT2D eigenvalue weighted by molar-refractivity contribution is 0.550. The van der Waals surface area contributed by atoms with Gasteiger partial charge in [0.25, 0.3) is 0 Å². The highest BCUT2D eigenvalue weighted by Crippen LogP contribution is 2.38. The molecule has 0 bridgehead atoms. The summed E-state index contributed by atoms with van der Waals surface area (Å²) in [6.07, 6.45) is 3.52. The van der Waals surface area contributed by atoms with Crippen LogP contribution in [0.5, 0.6) is 0 Å². The van der Waals surface area contributed by atoms with E-state index < -0.39 is 0 Å². The fraction of sp³-hybridized carbons (Fsp3) is 0.364. The van der Waals surface area contributed by atoms with Crippen molar-refractivity contribution in [2.75, 3.05) is 0 Å². The van der Waals surface area contributed by atoms with Crippen LogP contribution in [0.1, 0.15) is 31.4 Å². The Kier molecular flexibility index (Phi) is 1.32. The van der Waals surface area contributed by atoms with Gasteiger partial charge in [-0.15, -0.1) is 0 Å². The first-order chi connectivity index (χ1) is 5.20. The highest BCUT2D eigenvalue weighted by atomic mass is 14.3. The first-order valence-electron chi connectivity index (χ1n) is 4.13. The Morgan fingerprint density at radius 3 is 2.64 bits per heavy atom. The summed E-state index contributed by atoms with van der Waals surface area (Å²) in [6, 6.07) is 8.67. The fourth-order valence-electron chi connectivity index (χ4n) is 1.77. The molecule has 2 rings (SSSR count). The molecule has 0 aromatic heterocycles. The van der Waals surface area contributed by atoms with Crippen molar-refractivity contribution < 1.29 is 0 Å². The number of benzene rings is 1. The van der Waals surface area contributed by atoms with Crippen molar-refractivity contribution in [2.24, 2.45) is 0 Å². The van der Waals surface area contributed by atoms with Gasteiger partial charge in [0.2, 0.25) is 0 Å². The van der Waals surface area contributed by atoms with Gasteiger partial charge in [-0.1, -0.05) is 38.1 Å². The summed E-state index contributed by atoms with van der Waals surface area (Å²) < 4.78 is 0. The third-order valence-electron chi connectivity index (χ3n) is 2.52. The van der Waals surface area contributed by atoms with Crippen LogP contribution in [0.3, 0.4) is 0 Å².